The summed E-state index contributed by atoms with van der Waals surface area (Å²) in [5.74, 6) is -3.08. The Balaban J connectivity index is 2.01. The van der Waals surface area contributed by atoms with Crippen molar-refractivity contribution < 1.29 is 47.8 Å². The Morgan fingerprint density at radius 3 is 2.27 bits per heavy atom. The number of hydrogen-bond donors (Lipinski definition) is 1. The van der Waals surface area contributed by atoms with Crippen molar-refractivity contribution in [3.05, 3.63) is 29.3 Å². The van der Waals surface area contributed by atoms with Gasteiger partial charge in [-0.3, -0.25) is 24.0 Å². The maximum atomic E-state index is 12.9. The molecule has 13 nitrogen and oxygen atoms in total. The second-order valence-electron chi connectivity index (χ2n) is 8.65. The number of fused-ring (bicyclic) bond motifs is 1. The minimum Gasteiger partial charge on any atom is -0.463 e. The third kappa shape index (κ3) is 6.42. The van der Waals surface area contributed by atoms with Gasteiger partial charge in [-0.15, -0.1) is 0 Å². The first-order valence-corrected chi connectivity index (χ1v) is 11.4. The van der Waals surface area contributed by atoms with Crippen molar-refractivity contribution in [2.75, 3.05) is 18.6 Å². The third-order valence-corrected chi connectivity index (χ3v) is 5.59. The minimum atomic E-state index is -1.43. The molecule has 1 saturated heterocycles. The van der Waals surface area contributed by atoms with Gasteiger partial charge in [-0.05, 0) is 19.1 Å². The van der Waals surface area contributed by atoms with Crippen molar-refractivity contribution in [2.45, 2.75) is 65.3 Å². The number of carbonyl (C=O) groups is 5. The van der Waals surface area contributed by atoms with Gasteiger partial charge >= 0.3 is 17.9 Å². The lowest BCUT2D eigenvalue weighted by molar-refractivity contribution is -0.278. The van der Waals surface area contributed by atoms with E-state index in [0.717, 1.165) is 19.4 Å². The van der Waals surface area contributed by atoms with Gasteiger partial charge in [0.05, 0.1) is 5.69 Å². The van der Waals surface area contributed by atoms with Crippen molar-refractivity contribution in [1.29, 1.82) is 0 Å². The van der Waals surface area contributed by atoms with E-state index in [4.69, 9.17) is 23.8 Å². The SMILES string of the molecule is CC(=O)N[C@@H]1[C@@H](O/N=C2\C(=O)N(C)c3ccc(C)cc32)O[C@@H](COC(C)=O)[C@@H](OC(C)=O)[C@H]1OC(C)=O. The molecule has 1 fully saturated rings. The van der Waals surface area contributed by atoms with Crippen LogP contribution in [0.1, 0.15) is 38.8 Å². The number of rotatable bonds is 7. The molecule has 2 heterocycles. The molecular weight excluding hydrogens is 490 g/mol. The maximum Gasteiger partial charge on any atom is 0.303 e. The summed E-state index contributed by atoms with van der Waals surface area (Å²) in [6.45, 7) is 6.13. The lowest BCUT2D eigenvalue weighted by Crippen LogP contribution is -2.66. The largest absolute Gasteiger partial charge is 0.463 e. The molecule has 37 heavy (non-hydrogen) atoms. The Hall–Kier alpha value is -4.00. The average Bonchev–Trinajstić information content (AvgIpc) is 3.02. The summed E-state index contributed by atoms with van der Waals surface area (Å²) >= 11 is 0. The molecule has 1 aromatic carbocycles. The smallest absolute Gasteiger partial charge is 0.303 e. The number of hydrogen-bond acceptors (Lipinski definition) is 11. The molecule has 0 saturated carbocycles. The molecule has 2 aliphatic rings. The van der Waals surface area contributed by atoms with Crippen LogP contribution in [0.4, 0.5) is 5.69 Å². The fraction of sp³-hybridized carbons (Fsp3) is 0.500. The molecule has 0 spiro atoms. The minimum absolute atomic E-state index is 0.00550. The van der Waals surface area contributed by atoms with Gasteiger partial charge in [0, 0.05) is 40.3 Å². The first-order valence-electron chi connectivity index (χ1n) is 11.4. The number of ether oxygens (including phenoxy) is 4. The Morgan fingerprint density at radius 2 is 1.68 bits per heavy atom. The average molecular weight is 520 g/mol. The first-order chi connectivity index (χ1) is 17.4. The Morgan fingerprint density at radius 1 is 1.03 bits per heavy atom. The summed E-state index contributed by atoms with van der Waals surface area (Å²) in [6.07, 6.45) is -5.17. The molecule has 0 unspecified atom stereocenters. The number of anilines is 1. The van der Waals surface area contributed by atoms with E-state index in [9.17, 15) is 24.0 Å². The molecule has 1 N–H and O–H groups in total. The van der Waals surface area contributed by atoms with Crippen molar-refractivity contribution in [2.24, 2.45) is 5.16 Å². The second-order valence-corrected chi connectivity index (χ2v) is 8.65. The van der Waals surface area contributed by atoms with Crippen LogP contribution in [0.25, 0.3) is 0 Å². The topological polar surface area (TPSA) is 159 Å². The molecule has 5 atom stereocenters. The van der Waals surface area contributed by atoms with E-state index in [1.165, 1.54) is 18.7 Å². The van der Waals surface area contributed by atoms with Crippen molar-refractivity contribution in [3.8, 4) is 0 Å². The third-order valence-electron chi connectivity index (χ3n) is 5.59. The molecule has 0 bridgehead atoms. The highest BCUT2D eigenvalue weighted by Gasteiger charge is 2.52. The van der Waals surface area contributed by atoms with Crippen LogP contribution < -0.4 is 10.2 Å². The van der Waals surface area contributed by atoms with Gasteiger partial charge < -0.3 is 34.0 Å². The van der Waals surface area contributed by atoms with Crippen LogP contribution >= 0.6 is 0 Å². The monoisotopic (exact) mass is 519 g/mol. The predicted octanol–water partition coefficient (Wildman–Crippen LogP) is 0.348. The summed E-state index contributed by atoms with van der Waals surface area (Å²) in [4.78, 5) is 67.2. The van der Waals surface area contributed by atoms with Crippen LogP contribution in [-0.2, 0) is 47.8 Å². The molecule has 0 aliphatic carbocycles. The number of amides is 2. The highest BCUT2D eigenvalue weighted by Crippen LogP contribution is 2.31. The molecule has 2 aliphatic heterocycles. The van der Waals surface area contributed by atoms with E-state index in [0.29, 0.717) is 11.3 Å². The van der Waals surface area contributed by atoms with Crippen LogP contribution in [0.5, 0.6) is 0 Å². The molecule has 0 aromatic heterocycles. The standard InChI is InChI=1S/C24H29N3O10/c1-11-7-8-17-16(9-11)19(23(32)27(17)6)26-37-24-20(25-12(2)28)22(35-15(5)31)21(34-14(4)30)18(36-24)10-33-13(3)29/h7-9,18,20-22,24H,10H2,1-6H3,(H,25,28)/b26-19-/t18-,20-,21+,22-,24+/m0/s1. The fourth-order valence-corrected chi connectivity index (χ4v) is 4.09. The van der Waals surface area contributed by atoms with Gasteiger partial charge in [-0.2, -0.15) is 0 Å². The molecule has 3 rings (SSSR count). The van der Waals surface area contributed by atoms with Gasteiger partial charge in [0.2, 0.25) is 5.91 Å². The zero-order chi connectivity index (χ0) is 27.4. The van der Waals surface area contributed by atoms with Gasteiger partial charge in [-0.1, -0.05) is 16.8 Å². The maximum absolute atomic E-state index is 12.9. The number of oxime groups is 1. The van der Waals surface area contributed by atoms with Crippen LogP contribution in [0, 0.1) is 6.92 Å². The molecule has 1 aromatic rings. The van der Waals surface area contributed by atoms with E-state index in [1.807, 2.05) is 13.0 Å². The summed E-state index contributed by atoms with van der Waals surface area (Å²) in [5, 5.41) is 6.61. The normalized spacial score (nSPS) is 25.8. The summed E-state index contributed by atoms with van der Waals surface area (Å²) < 4.78 is 21.7. The van der Waals surface area contributed by atoms with Crippen LogP contribution in [0.3, 0.4) is 0 Å². The number of carbonyl (C=O) groups excluding carboxylic acids is 5. The molecular formula is C24H29N3O10. The van der Waals surface area contributed by atoms with E-state index >= 15 is 0 Å². The molecule has 2 amide bonds. The van der Waals surface area contributed by atoms with E-state index < -0.39 is 67.0 Å². The highest BCUT2D eigenvalue weighted by molar-refractivity contribution is 6.54. The zero-order valence-electron chi connectivity index (χ0n) is 21.3. The number of likely N-dealkylation sites (N-methyl/N-ethyl adjacent to an activating group) is 1. The van der Waals surface area contributed by atoms with E-state index in [-0.39, 0.29) is 5.71 Å². The van der Waals surface area contributed by atoms with Crippen molar-refractivity contribution in [1.82, 2.24) is 5.32 Å². The summed E-state index contributed by atoms with van der Waals surface area (Å²) in [5.41, 5.74) is 2.04. The fourth-order valence-electron chi connectivity index (χ4n) is 4.09. The Kier molecular flexibility index (Phi) is 8.48. The van der Waals surface area contributed by atoms with Crippen molar-refractivity contribution in [3.63, 3.8) is 0 Å². The van der Waals surface area contributed by atoms with Crippen LogP contribution in [0.2, 0.25) is 0 Å². The zero-order valence-corrected chi connectivity index (χ0v) is 21.3. The number of nitrogens with zero attached hydrogens (tertiary/aromatic N) is 2. The van der Waals surface area contributed by atoms with Gasteiger partial charge in [-0.25, -0.2) is 0 Å². The summed E-state index contributed by atoms with van der Waals surface area (Å²) in [6, 6.07) is 4.18. The number of benzene rings is 1. The molecule has 13 heteroatoms. The summed E-state index contributed by atoms with van der Waals surface area (Å²) in [7, 11) is 1.59. The molecule has 200 valence electrons. The van der Waals surface area contributed by atoms with Crippen molar-refractivity contribution >= 4 is 41.1 Å². The lowest BCUT2D eigenvalue weighted by atomic mass is 9.96. The van der Waals surface area contributed by atoms with Gasteiger partial charge in [0.1, 0.15) is 18.8 Å². The quantitative estimate of drug-likeness (QED) is 0.302. The van der Waals surface area contributed by atoms with Crippen LogP contribution in [0.15, 0.2) is 23.4 Å². The Bertz CT molecular complexity index is 1130. The predicted molar refractivity (Wildman–Crippen MR) is 126 cm³/mol. The number of aryl methyl sites for hydroxylation is 1. The van der Waals surface area contributed by atoms with E-state index in [2.05, 4.69) is 10.5 Å². The first kappa shape index (κ1) is 27.6. The van der Waals surface area contributed by atoms with E-state index in [1.54, 1.807) is 19.2 Å². The number of nitrogens with one attached hydrogen (secondary N) is 1. The lowest BCUT2D eigenvalue weighted by Gasteiger charge is -2.43. The highest BCUT2D eigenvalue weighted by atomic mass is 16.8. The van der Waals surface area contributed by atoms with Gasteiger partial charge in [0.15, 0.2) is 17.9 Å². The Labute approximate surface area is 213 Å². The van der Waals surface area contributed by atoms with Gasteiger partial charge in [0.25, 0.3) is 12.2 Å². The second kappa shape index (κ2) is 11.4. The number of esters is 3. The van der Waals surface area contributed by atoms with Crippen LogP contribution in [-0.4, -0.2) is 79.7 Å². The molecule has 0 radical (unpaired) electrons.